The molecule has 1 N–H and O–H groups in total. The number of hydrogen-bond acceptors (Lipinski definition) is 5. The van der Waals surface area contributed by atoms with E-state index in [1.807, 2.05) is 26.0 Å². The van der Waals surface area contributed by atoms with Gasteiger partial charge >= 0.3 is 0 Å². The van der Waals surface area contributed by atoms with E-state index < -0.39 is 0 Å². The van der Waals surface area contributed by atoms with Gasteiger partial charge in [0.1, 0.15) is 5.75 Å². The van der Waals surface area contributed by atoms with Crippen molar-refractivity contribution in [2.45, 2.75) is 32.4 Å². The molecule has 0 radical (unpaired) electrons. The summed E-state index contributed by atoms with van der Waals surface area (Å²) in [5, 5.41) is 12.2. The summed E-state index contributed by atoms with van der Waals surface area (Å²) in [6.45, 7) is 4.78. The predicted octanol–water partition coefficient (Wildman–Crippen LogP) is 2.07. The van der Waals surface area contributed by atoms with Gasteiger partial charge in [-0.25, -0.2) is 0 Å². The molecule has 0 saturated carbocycles. The van der Waals surface area contributed by atoms with E-state index in [9.17, 15) is 0 Å². The van der Waals surface area contributed by atoms with Crippen LogP contribution in [-0.4, -0.2) is 25.5 Å². The Hall–Kier alpha value is -1.93. The molecule has 5 nitrogen and oxygen atoms in total. The van der Waals surface area contributed by atoms with Crippen LogP contribution in [0.2, 0.25) is 0 Å². The highest BCUT2D eigenvalue weighted by molar-refractivity contribution is 5.46. The number of rotatable bonds is 6. The van der Waals surface area contributed by atoms with Gasteiger partial charge in [-0.1, -0.05) is 0 Å². The molecule has 0 spiro atoms. The molecule has 5 heteroatoms. The van der Waals surface area contributed by atoms with Crippen LogP contribution in [0.15, 0.2) is 18.2 Å². The summed E-state index contributed by atoms with van der Waals surface area (Å²) in [6, 6.07) is 7.80. The lowest BCUT2D eigenvalue weighted by Gasteiger charge is -2.14. The number of ether oxygens (including phenoxy) is 3. The highest BCUT2D eigenvalue weighted by atomic mass is 16.7. The first kappa shape index (κ1) is 13.5. The van der Waals surface area contributed by atoms with Crippen molar-refractivity contribution in [1.29, 1.82) is 5.26 Å². The fourth-order valence-corrected chi connectivity index (χ4v) is 1.85. The molecule has 1 aliphatic heterocycles. The van der Waals surface area contributed by atoms with Crippen molar-refractivity contribution < 1.29 is 14.2 Å². The van der Waals surface area contributed by atoms with Crippen molar-refractivity contribution in [2.75, 3.05) is 13.4 Å². The molecule has 1 atom stereocenters. The lowest BCUT2D eigenvalue weighted by atomic mass is 10.2. The van der Waals surface area contributed by atoms with Crippen molar-refractivity contribution in [3.05, 3.63) is 18.2 Å². The second kappa shape index (κ2) is 6.30. The van der Waals surface area contributed by atoms with Crippen molar-refractivity contribution in [1.82, 2.24) is 5.32 Å². The number of nitriles is 1. The van der Waals surface area contributed by atoms with Crippen LogP contribution in [0, 0.1) is 11.3 Å². The van der Waals surface area contributed by atoms with Gasteiger partial charge in [-0.15, -0.1) is 0 Å². The van der Waals surface area contributed by atoms with Gasteiger partial charge in [-0.2, -0.15) is 5.26 Å². The fraction of sp³-hybridized carbons (Fsp3) is 0.500. The highest BCUT2D eigenvalue weighted by Crippen LogP contribution is 2.35. The molecule has 0 bridgehead atoms. The number of nitrogens with one attached hydrogen (secondary N) is 1. The van der Waals surface area contributed by atoms with E-state index in [0.717, 1.165) is 11.5 Å². The Labute approximate surface area is 113 Å². The molecule has 102 valence electrons. The van der Waals surface area contributed by atoms with Crippen molar-refractivity contribution in [3.63, 3.8) is 0 Å². The third-order valence-electron chi connectivity index (χ3n) is 2.71. The summed E-state index contributed by atoms with van der Waals surface area (Å²) < 4.78 is 16.1. The Kier molecular flexibility index (Phi) is 4.48. The fourth-order valence-electron chi connectivity index (χ4n) is 1.85. The summed E-state index contributed by atoms with van der Waals surface area (Å²) in [5.41, 5.74) is 0. The zero-order valence-electron chi connectivity index (χ0n) is 11.2. The Morgan fingerprint density at radius 1 is 1.37 bits per heavy atom. The topological polar surface area (TPSA) is 63.5 Å². The maximum absolute atomic E-state index is 8.99. The first-order valence-corrected chi connectivity index (χ1v) is 6.37. The van der Waals surface area contributed by atoms with Gasteiger partial charge in [0.15, 0.2) is 11.5 Å². The monoisotopic (exact) mass is 262 g/mol. The zero-order chi connectivity index (χ0) is 13.7. The van der Waals surface area contributed by atoms with E-state index in [4.69, 9.17) is 19.5 Å². The lowest BCUT2D eigenvalue weighted by Crippen LogP contribution is -2.34. The molecule has 2 rings (SSSR count). The van der Waals surface area contributed by atoms with Gasteiger partial charge in [0.25, 0.3) is 0 Å². The molecular formula is C14H18N2O3. The van der Waals surface area contributed by atoms with Gasteiger partial charge in [-0.05, 0) is 26.0 Å². The number of nitrogens with zero attached hydrogens (tertiary/aromatic N) is 1. The Morgan fingerprint density at radius 3 is 2.89 bits per heavy atom. The van der Waals surface area contributed by atoms with Crippen LogP contribution in [0.4, 0.5) is 0 Å². The highest BCUT2D eigenvalue weighted by Gasteiger charge is 2.14. The Bertz CT molecular complexity index is 468. The van der Waals surface area contributed by atoms with E-state index in [1.165, 1.54) is 0 Å². The maximum Gasteiger partial charge on any atom is 0.231 e. The average Bonchev–Trinajstić information content (AvgIpc) is 2.84. The maximum atomic E-state index is 8.99. The largest absolute Gasteiger partial charge is 0.493 e. The SMILES string of the molecule is CC(C)NC(C#N)CCOc1ccc2c(c1)OCO2. The van der Waals surface area contributed by atoms with E-state index in [2.05, 4.69) is 11.4 Å². The van der Waals surface area contributed by atoms with Crippen LogP contribution in [0.25, 0.3) is 0 Å². The molecule has 0 amide bonds. The van der Waals surface area contributed by atoms with Gasteiger partial charge in [0, 0.05) is 18.5 Å². The van der Waals surface area contributed by atoms with Crippen molar-refractivity contribution in [2.24, 2.45) is 0 Å². The number of fused-ring (bicyclic) bond motifs is 1. The van der Waals surface area contributed by atoms with Gasteiger partial charge in [0.2, 0.25) is 6.79 Å². The Morgan fingerprint density at radius 2 is 2.16 bits per heavy atom. The molecule has 1 aromatic carbocycles. The van der Waals surface area contributed by atoms with Crippen LogP contribution in [0.5, 0.6) is 17.2 Å². The summed E-state index contributed by atoms with van der Waals surface area (Å²) in [4.78, 5) is 0. The van der Waals surface area contributed by atoms with E-state index in [-0.39, 0.29) is 18.9 Å². The molecule has 0 aliphatic carbocycles. The standard InChI is InChI=1S/C14H18N2O3/c1-10(2)16-11(8-15)5-6-17-12-3-4-13-14(7-12)19-9-18-13/h3-4,7,10-11,16H,5-6,9H2,1-2H3. The quantitative estimate of drug-likeness (QED) is 0.850. The molecule has 0 aromatic heterocycles. The average molecular weight is 262 g/mol. The second-order valence-corrected chi connectivity index (χ2v) is 4.66. The molecule has 19 heavy (non-hydrogen) atoms. The molecule has 1 aliphatic rings. The van der Waals surface area contributed by atoms with Crippen LogP contribution in [0.3, 0.4) is 0 Å². The molecule has 1 heterocycles. The van der Waals surface area contributed by atoms with E-state index >= 15 is 0 Å². The van der Waals surface area contributed by atoms with Gasteiger partial charge in [-0.3, -0.25) is 5.32 Å². The van der Waals surface area contributed by atoms with Gasteiger partial charge in [0.05, 0.1) is 18.7 Å². The lowest BCUT2D eigenvalue weighted by molar-refractivity contribution is 0.173. The third-order valence-corrected chi connectivity index (χ3v) is 2.71. The van der Waals surface area contributed by atoms with E-state index in [1.54, 1.807) is 6.07 Å². The summed E-state index contributed by atoms with van der Waals surface area (Å²) in [6.07, 6.45) is 0.642. The smallest absolute Gasteiger partial charge is 0.231 e. The first-order valence-electron chi connectivity index (χ1n) is 6.37. The number of hydrogen-bond donors (Lipinski definition) is 1. The van der Waals surface area contributed by atoms with Crippen LogP contribution < -0.4 is 19.5 Å². The van der Waals surface area contributed by atoms with Gasteiger partial charge < -0.3 is 14.2 Å². The molecule has 0 fully saturated rings. The summed E-state index contributed by atoms with van der Waals surface area (Å²) in [5.74, 6) is 2.17. The molecular weight excluding hydrogens is 244 g/mol. The first-order chi connectivity index (χ1) is 9.19. The predicted molar refractivity (Wildman–Crippen MR) is 70.3 cm³/mol. The van der Waals surface area contributed by atoms with Crippen LogP contribution in [0.1, 0.15) is 20.3 Å². The molecule has 0 saturated heterocycles. The van der Waals surface area contributed by atoms with Crippen LogP contribution in [-0.2, 0) is 0 Å². The zero-order valence-corrected chi connectivity index (χ0v) is 11.2. The summed E-state index contributed by atoms with van der Waals surface area (Å²) >= 11 is 0. The molecule has 1 unspecified atom stereocenters. The minimum atomic E-state index is -0.186. The van der Waals surface area contributed by atoms with Crippen molar-refractivity contribution in [3.8, 4) is 23.3 Å². The van der Waals surface area contributed by atoms with E-state index in [0.29, 0.717) is 18.8 Å². The number of benzene rings is 1. The van der Waals surface area contributed by atoms with Crippen molar-refractivity contribution >= 4 is 0 Å². The summed E-state index contributed by atoms with van der Waals surface area (Å²) in [7, 11) is 0. The molecule has 1 aromatic rings. The second-order valence-electron chi connectivity index (χ2n) is 4.66. The Balaban J connectivity index is 1.81. The van der Waals surface area contributed by atoms with Crippen LogP contribution >= 0.6 is 0 Å². The minimum absolute atomic E-state index is 0.186. The normalized spacial score (nSPS) is 14.2. The minimum Gasteiger partial charge on any atom is -0.493 e. The third kappa shape index (κ3) is 3.76.